The van der Waals surface area contributed by atoms with Crippen LogP contribution in [0.15, 0.2) is 39.4 Å². The lowest BCUT2D eigenvalue weighted by Crippen LogP contribution is -2.10. The van der Waals surface area contributed by atoms with E-state index in [9.17, 15) is 10.1 Å². The number of hydrogen-bond donors (Lipinski definition) is 0. The Hall–Kier alpha value is -2.26. The number of carbonyl (C=O) groups excluding carboxylic acids is 1. The molecule has 0 radical (unpaired) electrons. The average Bonchev–Trinajstić information content (AvgIpc) is 2.94. The van der Waals surface area contributed by atoms with Gasteiger partial charge in [0.05, 0.1) is 20.3 Å². The van der Waals surface area contributed by atoms with Gasteiger partial charge in [0.15, 0.2) is 21.9 Å². The lowest BCUT2D eigenvalue weighted by Gasteiger charge is -2.11. The summed E-state index contributed by atoms with van der Waals surface area (Å²) < 4.78 is 16.0. The van der Waals surface area contributed by atoms with E-state index in [1.165, 1.54) is 20.3 Å². The van der Waals surface area contributed by atoms with Crippen molar-refractivity contribution in [1.82, 2.24) is 0 Å². The van der Waals surface area contributed by atoms with Crippen LogP contribution < -0.4 is 9.47 Å². The minimum atomic E-state index is -0.970. The van der Waals surface area contributed by atoms with Crippen molar-refractivity contribution in [2.75, 3.05) is 14.2 Å². The molecule has 2 rings (SSSR count). The second-order valence-corrected chi connectivity index (χ2v) is 4.93. The Balaban J connectivity index is 2.38. The molecule has 0 fully saturated rings. The molecule has 6 heteroatoms. The van der Waals surface area contributed by atoms with Crippen LogP contribution in [-0.2, 0) is 0 Å². The number of furan rings is 1. The molecular formula is C15H12BrNO4. The van der Waals surface area contributed by atoms with Gasteiger partial charge < -0.3 is 13.9 Å². The van der Waals surface area contributed by atoms with E-state index in [0.717, 1.165) is 0 Å². The molecule has 1 unspecified atom stereocenters. The van der Waals surface area contributed by atoms with Crippen LogP contribution in [0.1, 0.15) is 22.0 Å². The van der Waals surface area contributed by atoms with E-state index < -0.39 is 11.7 Å². The van der Waals surface area contributed by atoms with Gasteiger partial charge in [-0.3, -0.25) is 4.79 Å². The maximum absolute atomic E-state index is 12.3. The Morgan fingerprint density at radius 3 is 2.48 bits per heavy atom. The number of rotatable bonds is 5. The molecule has 1 aromatic carbocycles. The van der Waals surface area contributed by atoms with Crippen LogP contribution in [0.2, 0.25) is 0 Å². The molecule has 0 saturated heterocycles. The molecule has 0 amide bonds. The van der Waals surface area contributed by atoms with Crippen LogP contribution in [0.4, 0.5) is 0 Å². The molecular weight excluding hydrogens is 338 g/mol. The smallest absolute Gasteiger partial charge is 0.219 e. The molecule has 21 heavy (non-hydrogen) atoms. The molecule has 0 aliphatic rings. The maximum atomic E-state index is 12.3. The zero-order valence-corrected chi connectivity index (χ0v) is 13.0. The summed E-state index contributed by atoms with van der Waals surface area (Å²) in [6.45, 7) is 0. The zero-order valence-electron chi connectivity index (χ0n) is 11.4. The third-order valence-corrected chi connectivity index (χ3v) is 3.37. The number of halogens is 1. The Bertz CT molecular complexity index is 702. The summed E-state index contributed by atoms with van der Waals surface area (Å²) in [5.74, 6) is -0.253. The monoisotopic (exact) mass is 349 g/mol. The summed E-state index contributed by atoms with van der Waals surface area (Å²) in [6, 6.07) is 10.1. The fraction of sp³-hybridized carbons (Fsp3) is 0.200. The van der Waals surface area contributed by atoms with Crippen LogP contribution in [0.3, 0.4) is 0 Å². The molecule has 0 saturated carbocycles. The number of Topliss-reactive ketones (excluding diaryl/α,β-unsaturated/α-hetero) is 1. The van der Waals surface area contributed by atoms with Gasteiger partial charge in [0, 0.05) is 0 Å². The molecule has 108 valence electrons. The Labute approximate surface area is 130 Å². The molecule has 0 N–H and O–H groups in total. The number of ketones is 1. The molecule has 1 aromatic heterocycles. The van der Waals surface area contributed by atoms with Crippen molar-refractivity contribution in [3.8, 4) is 17.6 Å². The molecule has 0 aliphatic heterocycles. The average molecular weight is 350 g/mol. The van der Waals surface area contributed by atoms with Gasteiger partial charge in [0.25, 0.3) is 0 Å². The van der Waals surface area contributed by atoms with Gasteiger partial charge in [-0.05, 0) is 45.8 Å². The van der Waals surface area contributed by atoms with Crippen LogP contribution in [0.5, 0.6) is 11.5 Å². The highest BCUT2D eigenvalue weighted by Crippen LogP contribution is 2.32. The molecule has 1 heterocycles. The van der Waals surface area contributed by atoms with Crippen LogP contribution >= 0.6 is 15.9 Å². The van der Waals surface area contributed by atoms with Gasteiger partial charge in [-0.25, -0.2) is 0 Å². The van der Waals surface area contributed by atoms with Gasteiger partial charge >= 0.3 is 0 Å². The molecule has 0 bridgehead atoms. The highest BCUT2D eigenvalue weighted by Gasteiger charge is 2.25. The van der Waals surface area contributed by atoms with E-state index in [1.54, 1.807) is 24.3 Å². The van der Waals surface area contributed by atoms with Crippen molar-refractivity contribution in [2.24, 2.45) is 0 Å². The predicted octanol–water partition coefficient (Wildman–Crippen LogP) is 3.55. The highest BCUT2D eigenvalue weighted by atomic mass is 79.9. The van der Waals surface area contributed by atoms with Crippen molar-refractivity contribution in [1.29, 1.82) is 5.26 Å². The standard InChI is InChI=1S/C15H12BrNO4/c1-19-11-4-3-9(7-13(11)20-2)10(8-17)15(18)12-5-6-14(16)21-12/h3-7,10H,1-2H3. The lowest BCUT2D eigenvalue weighted by atomic mass is 9.94. The van der Waals surface area contributed by atoms with Crippen molar-refractivity contribution in [3.63, 3.8) is 0 Å². The number of ether oxygens (including phenoxy) is 2. The highest BCUT2D eigenvalue weighted by molar-refractivity contribution is 9.10. The summed E-state index contributed by atoms with van der Waals surface area (Å²) in [7, 11) is 3.01. The Morgan fingerprint density at radius 1 is 1.24 bits per heavy atom. The van der Waals surface area contributed by atoms with Crippen molar-refractivity contribution in [3.05, 3.63) is 46.3 Å². The van der Waals surface area contributed by atoms with Crippen molar-refractivity contribution >= 4 is 21.7 Å². The van der Waals surface area contributed by atoms with E-state index in [2.05, 4.69) is 15.9 Å². The first-order valence-corrected chi connectivity index (χ1v) is 6.81. The normalized spacial score (nSPS) is 11.5. The predicted molar refractivity (Wildman–Crippen MR) is 78.6 cm³/mol. The maximum Gasteiger partial charge on any atom is 0.219 e. The summed E-state index contributed by atoms with van der Waals surface area (Å²) in [6.07, 6.45) is 0. The topological polar surface area (TPSA) is 72.5 Å². The van der Waals surface area contributed by atoms with Crippen LogP contribution in [-0.4, -0.2) is 20.0 Å². The summed E-state index contributed by atoms with van der Waals surface area (Å²) >= 11 is 3.13. The van der Waals surface area contributed by atoms with Gasteiger partial charge in [0.2, 0.25) is 5.78 Å². The first-order valence-electron chi connectivity index (χ1n) is 6.01. The number of nitrogens with zero attached hydrogens (tertiary/aromatic N) is 1. The first-order chi connectivity index (χ1) is 10.1. The lowest BCUT2D eigenvalue weighted by molar-refractivity contribution is 0.0950. The Morgan fingerprint density at radius 2 is 1.95 bits per heavy atom. The molecule has 0 aliphatic carbocycles. The largest absolute Gasteiger partial charge is 0.493 e. The van der Waals surface area contributed by atoms with Gasteiger partial charge in [-0.15, -0.1) is 0 Å². The number of hydrogen-bond acceptors (Lipinski definition) is 5. The fourth-order valence-electron chi connectivity index (χ4n) is 1.91. The van der Waals surface area contributed by atoms with Crippen LogP contribution in [0, 0.1) is 11.3 Å². The molecule has 2 aromatic rings. The van der Waals surface area contributed by atoms with Crippen molar-refractivity contribution < 1.29 is 18.7 Å². The SMILES string of the molecule is COc1ccc(C(C#N)C(=O)c2ccc(Br)o2)cc1OC. The van der Waals surface area contributed by atoms with Gasteiger partial charge in [0.1, 0.15) is 5.92 Å². The summed E-state index contributed by atoms with van der Waals surface area (Å²) in [5.41, 5.74) is 0.521. The Kier molecular flexibility index (Phi) is 4.66. The first kappa shape index (κ1) is 15.1. The molecule has 0 spiro atoms. The zero-order chi connectivity index (χ0) is 15.4. The fourth-order valence-corrected chi connectivity index (χ4v) is 2.21. The molecule has 5 nitrogen and oxygen atoms in total. The number of methoxy groups -OCH3 is 2. The number of carbonyl (C=O) groups is 1. The third-order valence-electron chi connectivity index (χ3n) is 2.95. The second-order valence-electron chi connectivity index (χ2n) is 4.14. The van der Waals surface area contributed by atoms with Crippen molar-refractivity contribution in [2.45, 2.75) is 5.92 Å². The number of benzene rings is 1. The molecule has 1 atom stereocenters. The second kappa shape index (κ2) is 6.46. The van der Waals surface area contributed by atoms with E-state index in [0.29, 0.717) is 21.7 Å². The third kappa shape index (κ3) is 3.09. The summed E-state index contributed by atoms with van der Waals surface area (Å²) in [4.78, 5) is 12.3. The quantitative estimate of drug-likeness (QED) is 0.771. The summed E-state index contributed by atoms with van der Waals surface area (Å²) in [5, 5.41) is 9.31. The van der Waals surface area contributed by atoms with Gasteiger partial charge in [-0.2, -0.15) is 5.26 Å². The van der Waals surface area contributed by atoms with E-state index >= 15 is 0 Å². The minimum Gasteiger partial charge on any atom is -0.493 e. The van der Waals surface area contributed by atoms with Gasteiger partial charge in [-0.1, -0.05) is 6.07 Å². The van der Waals surface area contributed by atoms with Crippen LogP contribution in [0.25, 0.3) is 0 Å². The van der Waals surface area contributed by atoms with E-state index in [1.807, 2.05) is 6.07 Å². The number of nitriles is 1. The van der Waals surface area contributed by atoms with E-state index in [4.69, 9.17) is 13.9 Å². The van der Waals surface area contributed by atoms with E-state index in [-0.39, 0.29) is 5.76 Å². The minimum absolute atomic E-state index is 0.128.